The lowest BCUT2D eigenvalue weighted by molar-refractivity contribution is 0.0696. The van der Waals surface area contributed by atoms with Crippen LogP contribution in [0.3, 0.4) is 0 Å². The molecular weight excluding hydrogens is 220 g/mol. The van der Waals surface area contributed by atoms with Crippen LogP contribution in [0.4, 0.5) is 0 Å². The summed E-state index contributed by atoms with van der Waals surface area (Å²) in [5, 5.41) is 8.90. The lowest BCUT2D eigenvalue weighted by Crippen LogP contribution is -2.14. The zero-order valence-corrected chi connectivity index (χ0v) is 10.4. The van der Waals surface area contributed by atoms with E-state index < -0.39 is 5.97 Å². The molecule has 1 N–H and O–H groups in total. The van der Waals surface area contributed by atoms with E-state index in [1.165, 1.54) is 0 Å². The lowest BCUT2D eigenvalue weighted by Gasteiger charge is -2.15. The Morgan fingerprint density at radius 3 is 2.71 bits per heavy atom. The molecule has 0 aromatic heterocycles. The van der Waals surface area contributed by atoms with E-state index in [0.29, 0.717) is 23.5 Å². The second kappa shape index (κ2) is 6.25. The highest BCUT2D eigenvalue weighted by Gasteiger charge is 2.09. The summed E-state index contributed by atoms with van der Waals surface area (Å²) in [6.45, 7) is 4.36. The van der Waals surface area contributed by atoms with Crippen molar-refractivity contribution in [1.29, 1.82) is 0 Å². The number of carboxylic acids is 1. The van der Waals surface area contributed by atoms with Crippen LogP contribution in [0.25, 0.3) is 0 Å². The van der Waals surface area contributed by atoms with E-state index in [1.54, 1.807) is 32.2 Å². The fraction of sp³-hybridized carbons (Fsp3) is 0.462. The molecule has 0 heterocycles. The first-order valence-corrected chi connectivity index (χ1v) is 5.54. The van der Waals surface area contributed by atoms with Crippen LogP contribution in [0.5, 0.6) is 5.75 Å². The Balaban J connectivity index is 2.67. The summed E-state index contributed by atoms with van der Waals surface area (Å²) < 4.78 is 10.6. The Morgan fingerprint density at radius 2 is 2.18 bits per heavy atom. The summed E-state index contributed by atoms with van der Waals surface area (Å²) in [7, 11) is 1.65. The molecule has 0 radical (unpaired) electrons. The van der Waals surface area contributed by atoms with Crippen LogP contribution in [0.1, 0.15) is 29.3 Å². The van der Waals surface area contributed by atoms with E-state index in [4.69, 9.17) is 14.6 Å². The second-order valence-electron chi connectivity index (χ2n) is 3.99. The number of benzene rings is 1. The molecule has 94 valence electrons. The highest BCUT2D eigenvalue weighted by Crippen LogP contribution is 2.19. The molecule has 0 saturated heterocycles. The van der Waals surface area contributed by atoms with Gasteiger partial charge in [0, 0.05) is 20.1 Å². The van der Waals surface area contributed by atoms with Crippen LogP contribution in [-0.2, 0) is 4.74 Å². The number of hydrogen-bond donors (Lipinski definition) is 1. The molecule has 4 heteroatoms. The summed E-state index contributed by atoms with van der Waals surface area (Å²) in [6.07, 6.45) is 0.848. The average Bonchev–Trinajstić information content (AvgIpc) is 2.26. The van der Waals surface area contributed by atoms with Gasteiger partial charge in [0.15, 0.2) is 0 Å². The van der Waals surface area contributed by atoms with E-state index in [2.05, 4.69) is 0 Å². The van der Waals surface area contributed by atoms with Gasteiger partial charge in [-0.2, -0.15) is 0 Å². The minimum atomic E-state index is -0.915. The van der Waals surface area contributed by atoms with Gasteiger partial charge in [-0.1, -0.05) is 0 Å². The number of carboxylic acid groups (broad SMARTS) is 1. The standard InChI is InChI=1S/C13H18O4/c1-9-8-11(4-5-12(9)13(14)15)17-10(2)6-7-16-3/h4-5,8,10H,6-7H2,1-3H3,(H,14,15). The van der Waals surface area contributed by atoms with Gasteiger partial charge in [-0.3, -0.25) is 0 Å². The van der Waals surface area contributed by atoms with Crippen LogP contribution in [0, 0.1) is 6.92 Å². The van der Waals surface area contributed by atoms with Crippen LogP contribution < -0.4 is 4.74 Å². The van der Waals surface area contributed by atoms with Gasteiger partial charge in [0.1, 0.15) is 5.75 Å². The maximum atomic E-state index is 10.8. The van der Waals surface area contributed by atoms with Crippen molar-refractivity contribution in [2.75, 3.05) is 13.7 Å². The first-order valence-electron chi connectivity index (χ1n) is 5.54. The largest absolute Gasteiger partial charge is 0.491 e. The zero-order chi connectivity index (χ0) is 12.8. The van der Waals surface area contributed by atoms with Crippen molar-refractivity contribution in [3.63, 3.8) is 0 Å². The fourth-order valence-electron chi connectivity index (χ4n) is 1.52. The number of aromatic carboxylic acids is 1. The number of aryl methyl sites for hydroxylation is 1. The number of hydrogen-bond acceptors (Lipinski definition) is 3. The second-order valence-corrected chi connectivity index (χ2v) is 3.99. The molecule has 0 spiro atoms. The average molecular weight is 238 g/mol. The van der Waals surface area contributed by atoms with Crippen molar-refractivity contribution in [2.45, 2.75) is 26.4 Å². The molecule has 1 rings (SSSR count). The molecule has 1 unspecified atom stereocenters. The molecule has 0 saturated carbocycles. The molecule has 1 aromatic rings. The summed E-state index contributed by atoms with van der Waals surface area (Å²) >= 11 is 0. The predicted octanol–water partition coefficient (Wildman–Crippen LogP) is 2.50. The predicted molar refractivity (Wildman–Crippen MR) is 64.7 cm³/mol. The molecule has 0 fully saturated rings. The van der Waals surface area contributed by atoms with Gasteiger partial charge in [-0.15, -0.1) is 0 Å². The van der Waals surface area contributed by atoms with Crippen LogP contribution in [-0.4, -0.2) is 30.9 Å². The molecule has 17 heavy (non-hydrogen) atoms. The van der Waals surface area contributed by atoms with Crippen molar-refractivity contribution in [1.82, 2.24) is 0 Å². The molecule has 1 aromatic carbocycles. The summed E-state index contributed by atoms with van der Waals surface area (Å²) in [4.78, 5) is 10.8. The van der Waals surface area contributed by atoms with Gasteiger partial charge >= 0.3 is 5.97 Å². The molecule has 0 amide bonds. The summed E-state index contributed by atoms with van der Waals surface area (Å²) in [5.74, 6) is -0.224. The van der Waals surface area contributed by atoms with E-state index >= 15 is 0 Å². The molecular formula is C13H18O4. The monoisotopic (exact) mass is 238 g/mol. The van der Waals surface area contributed by atoms with Crippen LogP contribution in [0.2, 0.25) is 0 Å². The Kier molecular flexibility index (Phi) is 4.97. The lowest BCUT2D eigenvalue weighted by atomic mass is 10.1. The van der Waals surface area contributed by atoms with Gasteiger partial charge in [0.05, 0.1) is 11.7 Å². The normalized spacial score (nSPS) is 12.2. The Labute approximate surface area is 101 Å². The third-order valence-electron chi connectivity index (χ3n) is 2.49. The van der Waals surface area contributed by atoms with Crippen molar-refractivity contribution < 1.29 is 19.4 Å². The molecule has 0 aliphatic rings. The molecule has 0 bridgehead atoms. The Bertz CT molecular complexity index is 387. The number of ether oxygens (including phenoxy) is 2. The van der Waals surface area contributed by atoms with Crippen molar-refractivity contribution in [3.8, 4) is 5.75 Å². The molecule has 4 nitrogen and oxygen atoms in total. The Hall–Kier alpha value is -1.55. The van der Waals surface area contributed by atoms with Gasteiger partial charge in [-0.25, -0.2) is 4.79 Å². The van der Waals surface area contributed by atoms with Gasteiger partial charge < -0.3 is 14.6 Å². The van der Waals surface area contributed by atoms with Crippen molar-refractivity contribution >= 4 is 5.97 Å². The topological polar surface area (TPSA) is 55.8 Å². The number of rotatable bonds is 6. The van der Waals surface area contributed by atoms with E-state index in [9.17, 15) is 4.79 Å². The van der Waals surface area contributed by atoms with Crippen LogP contribution in [0.15, 0.2) is 18.2 Å². The summed E-state index contributed by atoms with van der Waals surface area (Å²) in [5.41, 5.74) is 1.01. The highest BCUT2D eigenvalue weighted by molar-refractivity contribution is 5.89. The third kappa shape index (κ3) is 4.07. The van der Waals surface area contributed by atoms with Gasteiger partial charge in [-0.05, 0) is 37.6 Å². The fourth-order valence-corrected chi connectivity index (χ4v) is 1.52. The van der Waals surface area contributed by atoms with E-state index in [0.717, 1.165) is 6.42 Å². The van der Waals surface area contributed by atoms with Crippen molar-refractivity contribution in [2.24, 2.45) is 0 Å². The van der Waals surface area contributed by atoms with E-state index in [-0.39, 0.29) is 6.10 Å². The zero-order valence-electron chi connectivity index (χ0n) is 10.4. The minimum Gasteiger partial charge on any atom is -0.491 e. The summed E-state index contributed by atoms with van der Waals surface area (Å²) in [6, 6.07) is 4.99. The maximum absolute atomic E-state index is 10.8. The first kappa shape index (κ1) is 13.5. The minimum absolute atomic E-state index is 0.0463. The quantitative estimate of drug-likeness (QED) is 0.827. The highest BCUT2D eigenvalue weighted by atomic mass is 16.5. The van der Waals surface area contributed by atoms with Gasteiger partial charge in [0.2, 0.25) is 0 Å². The third-order valence-corrected chi connectivity index (χ3v) is 2.49. The van der Waals surface area contributed by atoms with Crippen molar-refractivity contribution in [3.05, 3.63) is 29.3 Å². The SMILES string of the molecule is COCCC(C)Oc1ccc(C(=O)O)c(C)c1. The molecule has 0 aliphatic carbocycles. The number of methoxy groups -OCH3 is 1. The number of carbonyl (C=O) groups is 1. The first-order chi connectivity index (χ1) is 8.04. The molecule has 1 atom stereocenters. The Morgan fingerprint density at radius 1 is 1.47 bits per heavy atom. The maximum Gasteiger partial charge on any atom is 0.335 e. The smallest absolute Gasteiger partial charge is 0.335 e. The van der Waals surface area contributed by atoms with Gasteiger partial charge in [0.25, 0.3) is 0 Å². The molecule has 0 aliphatic heterocycles. The van der Waals surface area contributed by atoms with Crippen LogP contribution >= 0.6 is 0 Å². The van der Waals surface area contributed by atoms with E-state index in [1.807, 2.05) is 6.92 Å².